The summed E-state index contributed by atoms with van der Waals surface area (Å²) in [6.45, 7) is 6.90. The van der Waals surface area contributed by atoms with E-state index in [0.717, 1.165) is 49.9 Å². The summed E-state index contributed by atoms with van der Waals surface area (Å²) in [7, 11) is 0. The molecule has 0 saturated carbocycles. The molecule has 1 amide bonds. The number of piperidine rings is 2. The van der Waals surface area contributed by atoms with Crippen LogP contribution in [-0.4, -0.2) is 79.6 Å². The monoisotopic (exact) mass is 506 g/mol. The number of aliphatic hydroxyl groups is 1. The number of carbonyl (C=O) groups is 1. The van der Waals surface area contributed by atoms with Gasteiger partial charge in [-0.2, -0.15) is 14.8 Å². The van der Waals surface area contributed by atoms with Crippen molar-refractivity contribution in [3.63, 3.8) is 0 Å². The third kappa shape index (κ3) is 4.92. The number of nitrogens with zero attached hydrogens (tertiary/aromatic N) is 6. The average molecular weight is 507 g/mol. The van der Waals surface area contributed by atoms with Gasteiger partial charge >= 0.3 is 0 Å². The number of aliphatic hydroxyl groups excluding tert-OH is 1. The van der Waals surface area contributed by atoms with Crippen LogP contribution in [0.4, 0.5) is 4.39 Å². The summed E-state index contributed by atoms with van der Waals surface area (Å²) in [6, 6.07) is 5.44. The number of hydrogen-bond donors (Lipinski definition) is 1. The van der Waals surface area contributed by atoms with Crippen LogP contribution >= 0.6 is 12.4 Å². The van der Waals surface area contributed by atoms with Crippen molar-refractivity contribution in [1.29, 1.82) is 0 Å². The molecular weight excluding hydrogens is 475 g/mol. The van der Waals surface area contributed by atoms with Crippen molar-refractivity contribution >= 4 is 29.2 Å². The van der Waals surface area contributed by atoms with Crippen molar-refractivity contribution in [2.75, 3.05) is 32.8 Å². The zero-order chi connectivity index (χ0) is 23.8. The van der Waals surface area contributed by atoms with Crippen LogP contribution < -0.4 is 0 Å². The lowest BCUT2D eigenvalue weighted by Gasteiger charge is -2.41. The van der Waals surface area contributed by atoms with Gasteiger partial charge in [-0.15, -0.1) is 12.4 Å². The number of amides is 1. The predicted molar refractivity (Wildman–Crippen MR) is 130 cm³/mol. The molecule has 5 rings (SSSR count). The van der Waals surface area contributed by atoms with Gasteiger partial charge in [-0.3, -0.25) is 4.79 Å². The highest BCUT2D eigenvalue weighted by molar-refractivity contribution is 5.85. The zero-order valence-electron chi connectivity index (χ0n) is 20.1. The van der Waals surface area contributed by atoms with Crippen LogP contribution in [-0.2, 0) is 4.79 Å². The zero-order valence-corrected chi connectivity index (χ0v) is 20.9. The number of aromatic nitrogens is 4. The number of likely N-dealkylation sites (tertiary alicyclic amines) is 2. The second-order valence-electron chi connectivity index (χ2n) is 9.60. The molecule has 1 aromatic carbocycles. The van der Waals surface area contributed by atoms with Crippen LogP contribution in [0.1, 0.15) is 63.0 Å². The quantitative estimate of drug-likeness (QED) is 0.566. The summed E-state index contributed by atoms with van der Waals surface area (Å²) in [5.41, 5.74) is 1.18. The van der Waals surface area contributed by atoms with Crippen LogP contribution in [0.15, 0.2) is 22.7 Å². The SMILES string of the molecule is CC(C)c1nn(-c2noc(C3CCN(C4CCN(C(=O)CO)CC4)CC3)n2)c2c(F)cccc12.Cl. The van der Waals surface area contributed by atoms with Crippen molar-refractivity contribution in [3.8, 4) is 5.95 Å². The van der Waals surface area contributed by atoms with E-state index in [4.69, 9.17) is 9.63 Å². The molecule has 1 N–H and O–H groups in total. The maximum absolute atomic E-state index is 14.7. The number of benzene rings is 1. The molecule has 0 aliphatic carbocycles. The van der Waals surface area contributed by atoms with E-state index >= 15 is 0 Å². The van der Waals surface area contributed by atoms with Gasteiger partial charge in [0.15, 0.2) is 0 Å². The van der Waals surface area contributed by atoms with Gasteiger partial charge in [-0.1, -0.05) is 26.0 Å². The average Bonchev–Trinajstić information content (AvgIpc) is 3.50. The smallest absolute Gasteiger partial charge is 0.291 e. The fourth-order valence-corrected chi connectivity index (χ4v) is 5.29. The van der Waals surface area contributed by atoms with Crippen molar-refractivity contribution in [2.45, 2.75) is 57.4 Å². The van der Waals surface area contributed by atoms with Crippen LogP contribution in [0.2, 0.25) is 0 Å². The molecule has 0 bridgehead atoms. The Labute approximate surface area is 209 Å². The fraction of sp³-hybridized carbons (Fsp3) is 0.583. The molecular formula is C24H32ClFN6O3. The molecule has 3 aromatic rings. The topological polar surface area (TPSA) is 101 Å². The van der Waals surface area contributed by atoms with E-state index in [1.165, 1.54) is 10.7 Å². The third-order valence-corrected chi connectivity index (χ3v) is 7.20. The summed E-state index contributed by atoms with van der Waals surface area (Å²) >= 11 is 0. The molecule has 35 heavy (non-hydrogen) atoms. The Hall–Kier alpha value is -2.56. The lowest BCUT2D eigenvalue weighted by molar-refractivity contribution is -0.135. The van der Waals surface area contributed by atoms with Crippen molar-refractivity contribution in [2.24, 2.45) is 0 Å². The highest BCUT2D eigenvalue weighted by Crippen LogP contribution is 2.32. The maximum atomic E-state index is 14.7. The summed E-state index contributed by atoms with van der Waals surface area (Å²) in [4.78, 5) is 20.5. The van der Waals surface area contributed by atoms with E-state index < -0.39 is 6.61 Å². The molecule has 2 aromatic heterocycles. The molecule has 9 nitrogen and oxygen atoms in total. The highest BCUT2D eigenvalue weighted by atomic mass is 35.5. The van der Waals surface area contributed by atoms with E-state index in [2.05, 4.69) is 20.1 Å². The minimum atomic E-state index is -0.415. The number of para-hydroxylation sites is 1. The normalized spacial score (nSPS) is 18.4. The van der Waals surface area contributed by atoms with Crippen LogP contribution in [0.3, 0.4) is 0 Å². The lowest BCUT2D eigenvalue weighted by atomic mass is 9.93. The first-order chi connectivity index (χ1) is 16.5. The van der Waals surface area contributed by atoms with E-state index in [0.29, 0.717) is 30.5 Å². The minimum absolute atomic E-state index is 0. The van der Waals surface area contributed by atoms with Crippen LogP contribution in [0.25, 0.3) is 16.9 Å². The fourth-order valence-electron chi connectivity index (χ4n) is 5.29. The Morgan fingerprint density at radius 3 is 2.54 bits per heavy atom. The first-order valence-electron chi connectivity index (χ1n) is 12.1. The van der Waals surface area contributed by atoms with Gasteiger partial charge in [0.1, 0.15) is 17.9 Å². The molecule has 0 atom stereocenters. The Morgan fingerprint density at radius 1 is 1.17 bits per heavy atom. The lowest BCUT2D eigenvalue weighted by Crippen LogP contribution is -2.49. The summed E-state index contributed by atoms with van der Waals surface area (Å²) in [6.07, 6.45) is 3.67. The standard InChI is InChI=1S/C24H31FN6O3.ClH/c1-15(2)21-18-4-3-5-19(25)22(18)31(27-21)24-26-23(34-28-24)16-6-10-29(11-7-16)17-8-12-30(13-9-17)20(33)14-32;/h3-5,15-17,32H,6-14H2,1-2H3;1H. The van der Waals surface area contributed by atoms with Gasteiger partial charge in [0.2, 0.25) is 11.8 Å². The summed E-state index contributed by atoms with van der Waals surface area (Å²) < 4.78 is 21.8. The summed E-state index contributed by atoms with van der Waals surface area (Å²) in [5, 5.41) is 18.6. The van der Waals surface area contributed by atoms with Gasteiger partial charge in [0, 0.05) is 30.4 Å². The molecule has 11 heteroatoms. The van der Waals surface area contributed by atoms with Crippen molar-refractivity contribution in [1.82, 2.24) is 29.7 Å². The molecule has 0 radical (unpaired) electrons. The first-order valence-corrected chi connectivity index (χ1v) is 12.1. The number of rotatable bonds is 5. The van der Waals surface area contributed by atoms with Crippen molar-refractivity contribution in [3.05, 3.63) is 35.6 Å². The van der Waals surface area contributed by atoms with E-state index in [-0.39, 0.29) is 41.9 Å². The van der Waals surface area contributed by atoms with E-state index in [9.17, 15) is 9.18 Å². The minimum Gasteiger partial charge on any atom is -0.387 e. The molecule has 0 unspecified atom stereocenters. The first kappa shape index (κ1) is 25.5. The Bertz CT molecular complexity index is 1170. The van der Waals surface area contributed by atoms with E-state index in [1.54, 1.807) is 11.0 Å². The number of carbonyl (C=O) groups excluding carboxylic acids is 1. The Kier molecular flexibility index (Phi) is 7.73. The second-order valence-corrected chi connectivity index (χ2v) is 9.60. The third-order valence-electron chi connectivity index (χ3n) is 7.20. The highest BCUT2D eigenvalue weighted by Gasteiger charge is 2.32. The van der Waals surface area contributed by atoms with E-state index in [1.807, 2.05) is 19.9 Å². The van der Waals surface area contributed by atoms with Crippen molar-refractivity contribution < 1.29 is 18.8 Å². The van der Waals surface area contributed by atoms with Gasteiger partial charge in [-0.25, -0.2) is 4.39 Å². The second kappa shape index (κ2) is 10.6. The maximum Gasteiger partial charge on any atom is 0.291 e. The van der Waals surface area contributed by atoms with Gasteiger partial charge in [0.05, 0.1) is 5.69 Å². The largest absolute Gasteiger partial charge is 0.387 e. The molecule has 4 heterocycles. The summed E-state index contributed by atoms with van der Waals surface area (Å²) in [5.74, 6) is 0.585. The molecule has 2 fully saturated rings. The molecule has 2 aliphatic heterocycles. The Balaban J connectivity index is 0.00000289. The van der Waals surface area contributed by atoms with Gasteiger partial charge < -0.3 is 19.4 Å². The molecule has 0 spiro atoms. The molecule has 2 aliphatic rings. The Morgan fingerprint density at radius 2 is 1.89 bits per heavy atom. The molecule has 2 saturated heterocycles. The number of fused-ring (bicyclic) bond motifs is 1. The number of halogens is 2. The predicted octanol–water partition coefficient (Wildman–Crippen LogP) is 3.26. The van der Waals surface area contributed by atoms with Gasteiger partial charge in [-0.05, 0) is 55.9 Å². The van der Waals surface area contributed by atoms with Crippen LogP contribution in [0.5, 0.6) is 0 Å². The van der Waals surface area contributed by atoms with Crippen LogP contribution in [0, 0.1) is 5.82 Å². The van der Waals surface area contributed by atoms with Gasteiger partial charge in [0.25, 0.3) is 5.95 Å². The molecule has 190 valence electrons. The number of hydrogen-bond acceptors (Lipinski definition) is 7.